The van der Waals surface area contributed by atoms with Crippen LogP contribution in [-0.2, 0) is 20.0 Å². The molecule has 1 aromatic rings. The van der Waals surface area contributed by atoms with Crippen LogP contribution in [0.15, 0.2) is 30.3 Å². The molecule has 0 aromatic heterocycles. The van der Waals surface area contributed by atoms with Crippen molar-refractivity contribution in [2.45, 2.75) is 37.1 Å². The van der Waals surface area contributed by atoms with Crippen LogP contribution in [0, 0.1) is 0 Å². The van der Waals surface area contributed by atoms with Crippen LogP contribution in [0.3, 0.4) is 0 Å². The van der Waals surface area contributed by atoms with Gasteiger partial charge in [-0.3, -0.25) is 9.69 Å². The lowest BCUT2D eigenvalue weighted by Gasteiger charge is -2.46. The van der Waals surface area contributed by atoms with Gasteiger partial charge in [-0.25, -0.2) is 8.42 Å². The summed E-state index contributed by atoms with van der Waals surface area (Å²) >= 11 is 0. The first-order valence-corrected chi connectivity index (χ1v) is 11.1. The fourth-order valence-corrected chi connectivity index (χ4v) is 6.33. The van der Waals surface area contributed by atoms with E-state index in [1.165, 1.54) is 0 Å². The Morgan fingerprint density at radius 2 is 1.72 bits per heavy atom. The van der Waals surface area contributed by atoms with Crippen molar-refractivity contribution in [2.75, 3.05) is 37.7 Å². The summed E-state index contributed by atoms with van der Waals surface area (Å²) in [4.78, 5) is 17.5. The third kappa shape index (κ3) is 3.10. The van der Waals surface area contributed by atoms with Gasteiger partial charge in [-0.15, -0.1) is 0 Å². The lowest BCUT2D eigenvalue weighted by Crippen LogP contribution is -2.58. The smallest absolute Gasteiger partial charge is 0.233 e. The van der Waals surface area contributed by atoms with Gasteiger partial charge in [0.15, 0.2) is 9.84 Å². The van der Waals surface area contributed by atoms with Gasteiger partial charge < -0.3 is 4.90 Å². The maximum atomic E-state index is 13.2. The molecule has 1 saturated carbocycles. The number of hydrogen-bond donors (Lipinski definition) is 0. The maximum absolute atomic E-state index is 13.2. The molecule has 6 heteroatoms. The number of carbonyl (C=O) groups excluding carboxylic acids is 1. The first-order valence-electron chi connectivity index (χ1n) is 9.30. The van der Waals surface area contributed by atoms with Gasteiger partial charge in [0.2, 0.25) is 5.91 Å². The van der Waals surface area contributed by atoms with Crippen molar-refractivity contribution >= 4 is 15.7 Å². The molecule has 2 aliphatic heterocycles. The normalized spacial score (nSPS) is 28.5. The van der Waals surface area contributed by atoms with E-state index >= 15 is 0 Å². The largest absolute Gasteiger partial charge is 0.339 e. The van der Waals surface area contributed by atoms with Crippen molar-refractivity contribution < 1.29 is 13.2 Å². The molecule has 1 aromatic carbocycles. The van der Waals surface area contributed by atoms with Gasteiger partial charge in [0.1, 0.15) is 0 Å². The summed E-state index contributed by atoms with van der Waals surface area (Å²) in [5, 5.41) is 0. The highest BCUT2D eigenvalue weighted by molar-refractivity contribution is 7.91. The summed E-state index contributed by atoms with van der Waals surface area (Å²) in [7, 11) is -2.85. The molecule has 0 radical (unpaired) electrons. The molecule has 25 heavy (non-hydrogen) atoms. The van der Waals surface area contributed by atoms with E-state index in [0.717, 1.165) is 44.3 Å². The van der Waals surface area contributed by atoms with E-state index in [1.807, 2.05) is 23.1 Å². The van der Waals surface area contributed by atoms with E-state index in [9.17, 15) is 13.2 Å². The third-order valence-corrected chi connectivity index (χ3v) is 8.02. The molecule has 4 rings (SSSR count). The molecule has 1 aliphatic carbocycles. The zero-order valence-electron chi connectivity index (χ0n) is 14.6. The molecule has 2 heterocycles. The summed E-state index contributed by atoms with van der Waals surface area (Å²) in [5.41, 5.74) is 0.829. The number of piperazine rings is 1. The van der Waals surface area contributed by atoms with E-state index < -0.39 is 9.84 Å². The number of carbonyl (C=O) groups is 1. The molecular weight excluding hydrogens is 336 g/mol. The molecule has 2 saturated heterocycles. The summed E-state index contributed by atoms with van der Waals surface area (Å²) < 4.78 is 23.4. The first-order chi connectivity index (χ1) is 12.0. The second-order valence-corrected chi connectivity index (χ2v) is 9.92. The summed E-state index contributed by atoms with van der Waals surface area (Å²) in [6.07, 6.45) is 3.73. The molecule has 1 unspecified atom stereocenters. The van der Waals surface area contributed by atoms with Crippen molar-refractivity contribution in [1.82, 2.24) is 9.80 Å². The minimum absolute atomic E-state index is 0.147. The van der Waals surface area contributed by atoms with Crippen molar-refractivity contribution in [3.8, 4) is 0 Å². The van der Waals surface area contributed by atoms with Crippen molar-refractivity contribution in [1.29, 1.82) is 0 Å². The van der Waals surface area contributed by atoms with Gasteiger partial charge in [-0.05, 0) is 24.8 Å². The van der Waals surface area contributed by atoms with Gasteiger partial charge in [0.25, 0.3) is 0 Å². The minimum Gasteiger partial charge on any atom is -0.339 e. The molecule has 3 aliphatic rings. The molecule has 5 nitrogen and oxygen atoms in total. The van der Waals surface area contributed by atoms with Gasteiger partial charge >= 0.3 is 0 Å². The highest BCUT2D eigenvalue weighted by Crippen LogP contribution is 2.45. The second kappa shape index (κ2) is 6.40. The number of hydrogen-bond acceptors (Lipinski definition) is 4. The Bertz CT molecular complexity index is 735. The monoisotopic (exact) mass is 362 g/mol. The van der Waals surface area contributed by atoms with Crippen LogP contribution in [0.4, 0.5) is 0 Å². The fraction of sp³-hybridized carbons (Fsp3) is 0.632. The predicted molar refractivity (Wildman–Crippen MR) is 97.2 cm³/mol. The van der Waals surface area contributed by atoms with Crippen molar-refractivity contribution in [3.63, 3.8) is 0 Å². The number of amides is 1. The fourth-order valence-electron chi connectivity index (χ4n) is 4.57. The third-order valence-electron chi connectivity index (χ3n) is 6.27. The highest BCUT2D eigenvalue weighted by atomic mass is 32.2. The maximum Gasteiger partial charge on any atom is 0.233 e. The molecule has 1 amide bonds. The minimum atomic E-state index is -2.85. The van der Waals surface area contributed by atoms with Gasteiger partial charge in [0.05, 0.1) is 16.9 Å². The van der Waals surface area contributed by atoms with Gasteiger partial charge in [-0.2, -0.15) is 0 Å². The second-order valence-electron chi connectivity index (χ2n) is 7.69. The van der Waals surface area contributed by atoms with E-state index in [2.05, 4.69) is 17.0 Å². The zero-order chi connectivity index (χ0) is 17.5. The Kier molecular flexibility index (Phi) is 4.36. The molecule has 136 valence electrons. The number of benzene rings is 1. The van der Waals surface area contributed by atoms with Gasteiger partial charge in [-0.1, -0.05) is 36.8 Å². The number of rotatable bonds is 3. The highest BCUT2D eigenvalue weighted by Gasteiger charge is 2.48. The van der Waals surface area contributed by atoms with E-state index in [-0.39, 0.29) is 23.1 Å². The lowest BCUT2D eigenvalue weighted by molar-refractivity contribution is -0.143. The Balaban J connectivity index is 1.41. The standard InChI is InChI=1S/C19H26N2O3S/c22-18(19(8-4-9-19)16-5-2-1-3-6-16)21-12-10-20(11-13-21)17-7-14-25(23,24)15-17/h1-3,5-6,17H,4,7-15H2. The SMILES string of the molecule is O=C(N1CCN(C2CCS(=O)(=O)C2)CC1)C1(c2ccccc2)CCC1. The van der Waals surface area contributed by atoms with Crippen LogP contribution >= 0.6 is 0 Å². The zero-order valence-corrected chi connectivity index (χ0v) is 15.4. The van der Waals surface area contributed by atoms with Crippen LogP contribution in [0.2, 0.25) is 0 Å². The van der Waals surface area contributed by atoms with Crippen molar-refractivity contribution in [3.05, 3.63) is 35.9 Å². The molecule has 0 spiro atoms. The van der Waals surface area contributed by atoms with E-state index in [4.69, 9.17) is 0 Å². The Morgan fingerprint density at radius 3 is 2.24 bits per heavy atom. The van der Waals surface area contributed by atoms with Crippen LogP contribution in [-0.4, -0.2) is 67.9 Å². The van der Waals surface area contributed by atoms with E-state index in [0.29, 0.717) is 18.8 Å². The molecule has 0 bridgehead atoms. The number of sulfone groups is 1. The van der Waals surface area contributed by atoms with Crippen LogP contribution in [0.5, 0.6) is 0 Å². The van der Waals surface area contributed by atoms with Gasteiger partial charge in [0, 0.05) is 32.2 Å². The Hall–Kier alpha value is -1.40. The molecule has 0 N–H and O–H groups in total. The first kappa shape index (κ1) is 17.0. The molecular formula is C19H26N2O3S. The topological polar surface area (TPSA) is 57.7 Å². The summed E-state index contributed by atoms with van der Waals surface area (Å²) in [6, 6.07) is 10.3. The van der Waals surface area contributed by atoms with Crippen molar-refractivity contribution in [2.24, 2.45) is 0 Å². The van der Waals surface area contributed by atoms with Crippen LogP contribution in [0.25, 0.3) is 0 Å². The predicted octanol–water partition coefficient (Wildman–Crippen LogP) is 1.44. The van der Waals surface area contributed by atoms with Crippen LogP contribution in [0.1, 0.15) is 31.2 Å². The quantitative estimate of drug-likeness (QED) is 0.816. The molecule has 1 atom stereocenters. The number of nitrogens with zero attached hydrogens (tertiary/aromatic N) is 2. The van der Waals surface area contributed by atoms with Crippen LogP contribution < -0.4 is 0 Å². The average molecular weight is 362 g/mol. The molecule has 3 fully saturated rings. The Morgan fingerprint density at radius 1 is 1.04 bits per heavy atom. The average Bonchev–Trinajstić information content (AvgIpc) is 2.95. The summed E-state index contributed by atoms with van der Waals surface area (Å²) in [6.45, 7) is 3.00. The summed E-state index contributed by atoms with van der Waals surface area (Å²) in [5.74, 6) is 0.867. The van der Waals surface area contributed by atoms with E-state index in [1.54, 1.807) is 0 Å². The Labute approximate surface area is 149 Å². The lowest BCUT2D eigenvalue weighted by atomic mass is 9.63.